The van der Waals surface area contributed by atoms with Crippen LogP contribution in [0.4, 0.5) is 18.9 Å². The summed E-state index contributed by atoms with van der Waals surface area (Å²) in [6, 6.07) is 9.28. The topological polar surface area (TPSA) is 81.7 Å². The first-order valence-electron chi connectivity index (χ1n) is 7.99. The quantitative estimate of drug-likeness (QED) is 0.782. The number of carbonyl (C=O) groups is 3. The summed E-state index contributed by atoms with van der Waals surface area (Å²) in [5.41, 5.74) is -0.363. The van der Waals surface area contributed by atoms with Gasteiger partial charge in [0.2, 0.25) is 0 Å². The summed E-state index contributed by atoms with van der Waals surface area (Å²) in [5.74, 6) is -2.07. The second-order valence-corrected chi connectivity index (χ2v) is 5.68. The highest BCUT2D eigenvalue weighted by Gasteiger charge is 2.30. The number of esters is 2. The van der Waals surface area contributed by atoms with Crippen molar-refractivity contribution in [3.63, 3.8) is 0 Å². The van der Waals surface area contributed by atoms with Crippen LogP contribution in [0.5, 0.6) is 0 Å². The van der Waals surface area contributed by atoms with E-state index in [0.29, 0.717) is 0 Å². The van der Waals surface area contributed by atoms with Crippen molar-refractivity contribution < 1.29 is 37.0 Å². The van der Waals surface area contributed by atoms with E-state index in [1.54, 1.807) is 0 Å². The van der Waals surface area contributed by atoms with E-state index in [2.05, 4.69) is 10.1 Å². The second kappa shape index (κ2) is 8.55. The van der Waals surface area contributed by atoms with Gasteiger partial charge in [0.15, 0.2) is 6.10 Å². The normalized spacial score (nSPS) is 12.0. The zero-order chi connectivity index (χ0) is 20.9. The molecule has 0 fully saturated rings. The molecular weight excluding hydrogens is 379 g/mol. The number of hydrogen-bond acceptors (Lipinski definition) is 5. The highest BCUT2D eigenvalue weighted by Crippen LogP contribution is 2.29. The molecule has 28 heavy (non-hydrogen) atoms. The minimum absolute atomic E-state index is 0.113. The van der Waals surface area contributed by atoms with Gasteiger partial charge >= 0.3 is 18.1 Å². The Labute approximate surface area is 158 Å². The number of ether oxygens (including phenoxy) is 2. The number of benzene rings is 2. The Morgan fingerprint density at radius 1 is 0.893 bits per heavy atom. The molecule has 1 amide bonds. The molecule has 0 saturated heterocycles. The summed E-state index contributed by atoms with van der Waals surface area (Å²) in [4.78, 5) is 35.5. The van der Waals surface area contributed by atoms with Gasteiger partial charge in [0.1, 0.15) is 0 Å². The number of alkyl halides is 3. The SMILES string of the molecule is COC(=O)c1ccc(C(=O)O[C@H](C)C(=O)Nc2ccc(C(F)(F)F)cc2)cc1. The third-order valence-electron chi connectivity index (χ3n) is 3.67. The fraction of sp³-hybridized carbons (Fsp3) is 0.211. The largest absolute Gasteiger partial charge is 0.465 e. The molecule has 6 nitrogen and oxygen atoms in total. The third kappa shape index (κ3) is 5.32. The van der Waals surface area contributed by atoms with E-state index < -0.39 is 35.7 Å². The van der Waals surface area contributed by atoms with Gasteiger partial charge in [0.05, 0.1) is 23.8 Å². The molecule has 0 aliphatic carbocycles. The summed E-state index contributed by atoms with van der Waals surface area (Å²) in [6.07, 6.45) is -5.68. The Kier molecular flexibility index (Phi) is 6.40. The Morgan fingerprint density at radius 2 is 1.39 bits per heavy atom. The molecule has 0 saturated carbocycles. The fourth-order valence-electron chi connectivity index (χ4n) is 2.13. The van der Waals surface area contributed by atoms with Crippen molar-refractivity contribution >= 4 is 23.5 Å². The molecule has 1 N–H and O–H groups in total. The Hall–Kier alpha value is -3.36. The lowest BCUT2D eigenvalue weighted by Crippen LogP contribution is -2.30. The molecular formula is C19H16F3NO5. The van der Waals surface area contributed by atoms with Gasteiger partial charge in [0.25, 0.3) is 5.91 Å². The molecule has 0 aromatic heterocycles. The van der Waals surface area contributed by atoms with Gasteiger partial charge in [0, 0.05) is 5.69 Å². The van der Waals surface area contributed by atoms with Crippen molar-refractivity contribution in [2.75, 3.05) is 12.4 Å². The van der Waals surface area contributed by atoms with E-state index in [0.717, 1.165) is 24.3 Å². The van der Waals surface area contributed by atoms with Crippen LogP contribution in [-0.2, 0) is 20.4 Å². The Morgan fingerprint density at radius 3 is 1.86 bits per heavy atom. The Bertz CT molecular complexity index is 861. The van der Waals surface area contributed by atoms with Gasteiger partial charge in [-0.2, -0.15) is 13.2 Å². The summed E-state index contributed by atoms with van der Waals surface area (Å²) < 4.78 is 47.2. The van der Waals surface area contributed by atoms with E-state index in [4.69, 9.17) is 4.74 Å². The molecule has 2 aromatic rings. The maximum atomic E-state index is 12.5. The molecule has 0 radical (unpaired) electrons. The minimum atomic E-state index is -4.48. The average Bonchev–Trinajstić information content (AvgIpc) is 2.67. The van der Waals surface area contributed by atoms with Crippen molar-refractivity contribution in [1.82, 2.24) is 0 Å². The van der Waals surface area contributed by atoms with Crippen LogP contribution in [0.15, 0.2) is 48.5 Å². The number of amides is 1. The number of halogens is 3. The first kappa shape index (κ1) is 20.9. The summed E-state index contributed by atoms with van der Waals surface area (Å²) in [5, 5.41) is 2.36. The van der Waals surface area contributed by atoms with Gasteiger partial charge in [-0.15, -0.1) is 0 Å². The van der Waals surface area contributed by atoms with Gasteiger partial charge in [-0.1, -0.05) is 0 Å². The van der Waals surface area contributed by atoms with E-state index >= 15 is 0 Å². The molecule has 148 valence electrons. The van der Waals surface area contributed by atoms with E-state index in [1.165, 1.54) is 38.3 Å². The predicted molar refractivity (Wildman–Crippen MR) is 92.7 cm³/mol. The van der Waals surface area contributed by atoms with Crippen LogP contribution in [0.3, 0.4) is 0 Å². The lowest BCUT2D eigenvalue weighted by atomic mass is 10.1. The lowest BCUT2D eigenvalue weighted by Gasteiger charge is -2.14. The van der Waals surface area contributed by atoms with Crippen LogP contribution in [-0.4, -0.2) is 31.1 Å². The van der Waals surface area contributed by atoms with Crippen molar-refractivity contribution in [3.05, 3.63) is 65.2 Å². The standard InChI is InChI=1S/C19H16F3NO5/c1-11(16(24)23-15-9-7-14(8-10-15)19(20,21)22)28-18(26)13-5-3-12(4-6-13)17(25)27-2/h3-11H,1-2H3,(H,23,24)/t11-/m1/s1. The summed E-state index contributed by atoms with van der Waals surface area (Å²) >= 11 is 0. The fourth-order valence-corrected chi connectivity index (χ4v) is 2.13. The molecule has 0 spiro atoms. The molecule has 0 aliphatic heterocycles. The van der Waals surface area contributed by atoms with Crippen LogP contribution in [0, 0.1) is 0 Å². The number of carbonyl (C=O) groups excluding carboxylic acids is 3. The predicted octanol–water partition coefficient (Wildman–Crippen LogP) is 3.68. The highest BCUT2D eigenvalue weighted by molar-refractivity contribution is 5.98. The van der Waals surface area contributed by atoms with Crippen molar-refractivity contribution in [2.24, 2.45) is 0 Å². The van der Waals surface area contributed by atoms with Crippen LogP contribution in [0.2, 0.25) is 0 Å². The van der Waals surface area contributed by atoms with Crippen LogP contribution < -0.4 is 5.32 Å². The van der Waals surface area contributed by atoms with Gasteiger partial charge in [-0.3, -0.25) is 4.79 Å². The first-order chi connectivity index (χ1) is 13.1. The maximum absolute atomic E-state index is 12.5. The zero-order valence-electron chi connectivity index (χ0n) is 14.9. The van der Waals surface area contributed by atoms with Crippen molar-refractivity contribution in [2.45, 2.75) is 19.2 Å². The van der Waals surface area contributed by atoms with E-state index in [9.17, 15) is 27.6 Å². The first-order valence-corrected chi connectivity index (χ1v) is 7.99. The van der Waals surface area contributed by atoms with Crippen LogP contribution in [0.25, 0.3) is 0 Å². The number of nitrogens with one attached hydrogen (secondary N) is 1. The van der Waals surface area contributed by atoms with E-state index in [-0.39, 0.29) is 16.8 Å². The molecule has 0 bridgehead atoms. The number of hydrogen-bond donors (Lipinski definition) is 1. The highest BCUT2D eigenvalue weighted by atomic mass is 19.4. The van der Waals surface area contributed by atoms with Crippen LogP contribution >= 0.6 is 0 Å². The molecule has 1 atom stereocenters. The van der Waals surface area contributed by atoms with Gasteiger partial charge < -0.3 is 14.8 Å². The summed E-state index contributed by atoms with van der Waals surface area (Å²) in [6.45, 7) is 1.32. The lowest BCUT2D eigenvalue weighted by molar-refractivity contribution is -0.137. The molecule has 9 heteroatoms. The van der Waals surface area contributed by atoms with Crippen molar-refractivity contribution in [1.29, 1.82) is 0 Å². The monoisotopic (exact) mass is 395 g/mol. The number of rotatable bonds is 5. The Balaban J connectivity index is 1.96. The zero-order valence-corrected chi connectivity index (χ0v) is 14.9. The molecule has 0 heterocycles. The minimum Gasteiger partial charge on any atom is -0.465 e. The molecule has 2 aromatic carbocycles. The third-order valence-corrected chi connectivity index (χ3v) is 3.67. The average molecular weight is 395 g/mol. The number of methoxy groups -OCH3 is 1. The van der Waals surface area contributed by atoms with Gasteiger partial charge in [-0.25, -0.2) is 9.59 Å². The molecule has 0 unspecified atom stereocenters. The smallest absolute Gasteiger partial charge is 0.416 e. The number of anilines is 1. The molecule has 2 rings (SSSR count). The van der Waals surface area contributed by atoms with Crippen molar-refractivity contribution in [3.8, 4) is 0 Å². The maximum Gasteiger partial charge on any atom is 0.416 e. The van der Waals surface area contributed by atoms with Gasteiger partial charge in [-0.05, 0) is 55.5 Å². The van der Waals surface area contributed by atoms with Crippen LogP contribution in [0.1, 0.15) is 33.2 Å². The molecule has 0 aliphatic rings. The second-order valence-electron chi connectivity index (χ2n) is 5.68. The van der Waals surface area contributed by atoms with E-state index in [1.807, 2.05) is 0 Å². The summed E-state index contributed by atoms with van der Waals surface area (Å²) in [7, 11) is 1.22.